The summed E-state index contributed by atoms with van der Waals surface area (Å²) in [4.78, 5) is 18.6. The van der Waals surface area contributed by atoms with E-state index in [1.165, 1.54) is 0 Å². The molecule has 1 aliphatic heterocycles. The fourth-order valence-corrected chi connectivity index (χ4v) is 4.05. The summed E-state index contributed by atoms with van der Waals surface area (Å²) in [7, 11) is 1.99. The molecule has 5 heteroatoms. The monoisotopic (exact) mass is 293 g/mol. The van der Waals surface area contributed by atoms with Crippen LogP contribution in [0.3, 0.4) is 0 Å². The number of hydrogen-bond donors (Lipinski definition) is 0. The van der Waals surface area contributed by atoms with Gasteiger partial charge in [-0.25, -0.2) is 0 Å². The molecular weight excluding hydrogens is 281 g/mol. The molecule has 2 aromatic heterocycles. The molecule has 0 saturated heterocycles. The summed E-state index contributed by atoms with van der Waals surface area (Å²) in [6.45, 7) is 0. The molecule has 0 aromatic carbocycles. The van der Waals surface area contributed by atoms with E-state index in [4.69, 9.17) is 0 Å². The molecule has 0 N–H and O–H groups in total. The van der Waals surface area contributed by atoms with E-state index in [2.05, 4.69) is 4.98 Å². The second-order valence-corrected chi connectivity index (χ2v) is 5.82. The van der Waals surface area contributed by atoms with Crippen molar-refractivity contribution >= 4 is 19.3 Å². The first-order chi connectivity index (χ1) is 8.27. The third kappa shape index (κ3) is 1.68. The van der Waals surface area contributed by atoms with Crippen molar-refractivity contribution in [3.8, 4) is 5.82 Å². The van der Waals surface area contributed by atoms with Crippen LogP contribution in [0, 0.1) is 0 Å². The van der Waals surface area contributed by atoms with Crippen LogP contribution in [0.25, 0.3) is 5.82 Å². The molecule has 0 aliphatic carbocycles. The van der Waals surface area contributed by atoms with Gasteiger partial charge in [0.15, 0.2) is 0 Å². The van der Waals surface area contributed by atoms with Gasteiger partial charge in [0.25, 0.3) is 0 Å². The predicted octanol–water partition coefficient (Wildman–Crippen LogP) is 0.795. The Morgan fingerprint density at radius 1 is 1.41 bits per heavy atom. The molecule has 0 fully saturated rings. The van der Waals surface area contributed by atoms with Crippen LogP contribution in [0.5, 0.6) is 0 Å². The first-order valence-electron chi connectivity index (χ1n) is 5.33. The van der Waals surface area contributed by atoms with E-state index in [9.17, 15) is 4.79 Å². The Labute approximate surface area is 105 Å². The maximum absolute atomic E-state index is 12.3. The number of pyridine rings is 1. The molecular formula is C12H11N3OSe. The molecule has 2 aromatic rings. The third-order valence-corrected chi connectivity index (χ3v) is 5.31. The van der Waals surface area contributed by atoms with E-state index in [0.717, 1.165) is 22.4 Å². The number of rotatable bonds is 1. The Morgan fingerprint density at radius 3 is 3.00 bits per heavy atom. The van der Waals surface area contributed by atoms with E-state index < -0.39 is 0 Å². The topological polar surface area (TPSA) is 38.1 Å². The Bertz CT molecular complexity index is 627. The third-order valence-electron chi connectivity index (χ3n) is 2.71. The van der Waals surface area contributed by atoms with Crippen LogP contribution in [0.4, 0.5) is 4.56 Å². The quantitative estimate of drug-likeness (QED) is 0.730. The summed E-state index contributed by atoms with van der Waals surface area (Å²) in [5, 5.41) is 0. The minimum atomic E-state index is 0.000278. The van der Waals surface area contributed by atoms with Crippen molar-refractivity contribution < 1.29 is 0 Å². The Balaban J connectivity index is 2.19. The normalized spacial score (nSPS) is 13.8. The predicted molar refractivity (Wildman–Crippen MR) is 68.0 cm³/mol. The van der Waals surface area contributed by atoms with E-state index in [1.54, 1.807) is 9.76 Å². The van der Waals surface area contributed by atoms with Crippen molar-refractivity contribution in [1.82, 2.24) is 8.55 Å². The van der Waals surface area contributed by atoms with Gasteiger partial charge in [0.1, 0.15) is 0 Å². The SMILES string of the molecule is CN1C=CCc2c1[se]n(-c1ccccn1)c2=O. The van der Waals surface area contributed by atoms with Crippen LogP contribution < -0.4 is 10.5 Å². The Morgan fingerprint density at radius 2 is 2.29 bits per heavy atom. The van der Waals surface area contributed by atoms with Crippen molar-refractivity contribution in [2.45, 2.75) is 6.42 Å². The molecule has 0 amide bonds. The summed E-state index contributed by atoms with van der Waals surface area (Å²) < 4.78 is 2.94. The van der Waals surface area contributed by atoms with Gasteiger partial charge < -0.3 is 0 Å². The average molecular weight is 292 g/mol. The Hall–Kier alpha value is -1.58. The van der Waals surface area contributed by atoms with Crippen molar-refractivity contribution in [3.63, 3.8) is 0 Å². The number of nitrogens with zero attached hydrogens (tertiary/aromatic N) is 3. The van der Waals surface area contributed by atoms with Crippen LogP contribution in [-0.4, -0.2) is 30.3 Å². The zero-order valence-corrected chi connectivity index (χ0v) is 11.0. The summed E-state index contributed by atoms with van der Waals surface area (Å²) in [5.41, 5.74) is 1.02. The van der Waals surface area contributed by atoms with E-state index >= 15 is 0 Å². The van der Waals surface area contributed by atoms with Crippen molar-refractivity contribution in [3.05, 3.63) is 52.6 Å². The number of aromatic nitrogens is 2. The van der Waals surface area contributed by atoms with E-state index in [-0.39, 0.29) is 20.3 Å². The molecule has 86 valence electrons. The summed E-state index contributed by atoms with van der Waals surface area (Å²) in [6.07, 6.45) is 6.51. The van der Waals surface area contributed by atoms with Gasteiger partial charge in [-0.1, -0.05) is 0 Å². The molecule has 1 aliphatic rings. The molecule has 0 bridgehead atoms. The van der Waals surface area contributed by atoms with E-state index in [1.807, 2.05) is 42.4 Å². The van der Waals surface area contributed by atoms with Crippen molar-refractivity contribution in [2.75, 3.05) is 11.9 Å². The first-order valence-corrected chi connectivity index (χ1v) is 6.96. The van der Waals surface area contributed by atoms with Crippen LogP contribution in [0.2, 0.25) is 0 Å². The Kier molecular flexibility index (Phi) is 2.50. The van der Waals surface area contributed by atoms with Gasteiger partial charge in [-0.2, -0.15) is 0 Å². The molecule has 17 heavy (non-hydrogen) atoms. The zero-order valence-electron chi connectivity index (χ0n) is 9.33. The maximum atomic E-state index is 12.3. The molecule has 0 unspecified atom stereocenters. The molecule has 0 spiro atoms. The fourth-order valence-electron chi connectivity index (χ4n) is 1.87. The van der Waals surface area contributed by atoms with Crippen LogP contribution in [0.15, 0.2) is 41.5 Å². The number of allylic oxidation sites excluding steroid dienone is 1. The van der Waals surface area contributed by atoms with Crippen LogP contribution in [0.1, 0.15) is 5.56 Å². The van der Waals surface area contributed by atoms with Crippen molar-refractivity contribution in [2.24, 2.45) is 0 Å². The number of hydrogen-bond acceptors (Lipinski definition) is 3. The van der Waals surface area contributed by atoms with Gasteiger partial charge in [-0.15, -0.1) is 0 Å². The summed E-state index contributed by atoms with van der Waals surface area (Å²) in [6, 6.07) is 5.65. The van der Waals surface area contributed by atoms with Gasteiger partial charge in [0.2, 0.25) is 0 Å². The fraction of sp³-hybridized carbons (Fsp3) is 0.167. The first kappa shape index (κ1) is 10.6. The van der Waals surface area contributed by atoms with Gasteiger partial charge in [-0.3, -0.25) is 0 Å². The molecule has 3 heterocycles. The van der Waals surface area contributed by atoms with Crippen LogP contribution >= 0.6 is 0 Å². The minimum absolute atomic E-state index is 0.000278. The van der Waals surface area contributed by atoms with E-state index in [0.29, 0.717) is 0 Å². The molecule has 3 rings (SSSR count). The summed E-state index contributed by atoms with van der Waals surface area (Å²) >= 11 is 0.000278. The molecule has 0 radical (unpaired) electrons. The van der Waals surface area contributed by atoms with Gasteiger partial charge in [0.05, 0.1) is 0 Å². The average Bonchev–Trinajstić information content (AvgIpc) is 2.70. The number of anilines is 1. The number of fused-ring (bicyclic) bond motifs is 1. The van der Waals surface area contributed by atoms with Crippen LogP contribution in [-0.2, 0) is 6.42 Å². The standard InChI is InChI=1S/C12H11N3OSe/c1-14-8-4-5-9-11(16)15(17-12(9)14)10-6-2-3-7-13-10/h2-4,6-8H,5H2,1H3. The molecule has 0 saturated carbocycles. The van der Waals surface area contributed by atoms with Gasteiger partial charge in [0, 0.05) is 0 Å². The van der Waals surface area contributed by atoms with Crippen molar-refractivity contribution in [1.29, 1.82) is 0 Å². The second-order valence-electron chi connectivity index (χ2n) is 3.86. The van der Waals surface area contributed by atoms with Gasteiger partial charge in [-0.05, 0) is 0 Å². The summed E-state index contributed by atoms with van der Waals surface area (Å²) in [5.74, 6) is 0.750. The molecule has 0 atom stereocenters. The molecule has 4 nitrogen and oxygen atoms in total. The second kappa shape index (κ2) is 4.02. The van der Waals surface area contributed by atoms with Gasteiger partial charge >= 0.3 is 105 Å². The zero-order chi connectivity index (χ0) is 11.8.